The highest BCUT2D eigenvalue weighted by Crippen LogP contribution is 2.24. The second-order valence-electron chi connectivity index (χ2n) is 3.99. The molecule has 0 saturated heterocycles. The summed E-state index contributed by atoms with van der Waals surface area (Å²) in [5.41, 5.74) is 0.862. The van der Waals surface area contributed by atoms with Crippen LogP contribution in [-0.4, -0.2) is 17.5 Å². The molecule has 7 heteroatoms. The first-order chi connectivity index (χ1) is 9.47. The van der Waals surface area contributed by atoms with Crippen LogP contribution in [0.4, 0.5) is 13.9 Å². The van der Waals surface area contributed by atoms with Gasteiger partial charge in [-0.05, 0) is 26.0 Å². The summed E-state index contributed by atoms with van der Waals surface area (Å²) in [5.74, 6) is -0.694. The zero-order valence-corrected chi connectivity index (χ0v) is 11.6. The molecule has 0 aliphatic carbocycles. The lowest BCUT2D eigenvalue weighted by Crippen LogP contribution is -2.14. The van der Waals surface area contributed by atoms with Gasteiger partial charge in [-0.15, -0.1) is 11.3 Å². The van der Waals surface area contributed by atoms with Crippen molar-refractivity contribution in [2.24, 2.45) is 0 Å². The fourth-order valence-corrected chi connectivity index (χ4v) is 2.35. The molecule has 0 unspecified atom stereocenters. The van der Waals surface area contributed by atoms with E-state index < -0.39 is 12.5 Å². The molecule has 20 heavy (non-hydrogen) atoms. The highest BCUT2D eigenvalue weighted by molar-refractivity contribution is 7.15. The standard InChI is InChI=1S/C13H12F2N2O2S/c1-7-8(2)20-13(16-7)17-11(18)9-5-3-4-6-10(9)19-12(14)15/h3-6,12H,1-2H3,(H,16,17,18). The fourth-order valence-electron chi connectivity index (χ4n) is 1.54. The van der Waals surface area contributed by atoms with Crippen molar-refractivity contribution in [2.75, 3.05) is 5.32 Å². The van der Waals surface area contributed by atoms with Crippen molar-refractivity contribution in [1.82, 2.24) is 4.98 Å². The van der Waals surface area contributed by atoms with Gasteiger partial charge in [-0.2, -0.15) is 8.78 Å². The lowest BCUT2D eigenvalue weighted by atomic mass is 10.2. The number of hydrogen-bond acceptors (Lipinski definition) is 4. The molecule has 1 heterocycles. The molecule has 106 valence electrons. The topological polar surface area (TPSA) is 51.2 Å². The quantitative estimate of drug-likeness (QED) is 0.938. The molecule has 0 aliphatic rings. The predicted octanol–water partition coefficient (Wildman–Crippen LogP) is 3.61. The molecule has 0 aliphatic heterocycles. The average molecular weight is 298 g/mol. The number of alkyl halides is 2. The number of aromatic nitrogens is 1. The van der Waals surface area contributed by atoms with E-state index in [9.17, 15) is 13.6 Å². The number of halogens is 2. The summed E-state index contributed by atoms with van der Waals surface area (Å²) in [6.45, 7) is 0.736. The molecule has 0 radical (unpaired) electrons. The normalized spacial score (nSPS) is 10.7. The Morgan fingerprint density at radius 2 is 2.05 bits per heavy atom. The van der Waals surface area contributed by atoms with Crippen LogP contribution in [0.2, 0.25) is 0 Å². The van der Waals surface area contributed by atoms with E-state index in [1.807, 2.05) is 13.8 Å². The molecule has 0 saturated carbocycles. The number of rotatable bonds is 4. The second-order valence-corrected chi connectivity index (χ2v) is 5.19. The predicted molar refractivity (Wildman–Crippen MR) is 72.6 cm³/mol. The number of carbonyl (C=O) groups excluding carboxylic acids is 1. The van der Waals surface area contributed by atoms with Crippen LogP contribution < -0.4 is 10.1 Å². The number of aryl methyl sites for hydroxylation is 2. The van der Waals surface area contributed by atoms with Crippen LogP contribution in [0.25, 0.3) is 0 Å². The third-order valence-corrected chi connectivity index (χ3v) is 3.59. The number of amides is 1. The SMILES string of the molecule is Cc1nc(NC(=O)c2ccccc2OC(F)F)sc1C. The van der Waals surface area contributed by atoms with E-state index in [0.717, 1.165) is 10.6 Å². The summed E-state index contributed by atoms with van der Waals surface area (Å²) in [6.07, 6.45) is 0. The first-order valence-corrected chi connectivity index (χ1v) is 6.58. The van der Waals surface area contributed by atoms with Gasteiger partial charge in [0.1, 0.15) is 5.75 Å². The minimum absolute atomic E-state index is 0.0401. The van der Waals surface area contributed by atoms with Crippen molar-refractivity contribution in [2.45, 2.75) is 20.5 Å². The molecule has 0 bridgehead atoms. The van der Waals surface area contributed by atoms with Crippen LogP contribution in [0, 0.1) is 13.8 Å². The minimum Gasteiger partial charge on any atom is -0.434 e. The van der Waals surface area contributed by atoms with Gasteiger partial charge >= 0.3 is 6.61 Å². The van der Waals surface area contributed by atoms with E-state index in [-0.39, 0.29) is 11.3 Å². The summed E-state index contributed by atoms with van der Waals surface area (Å²) in [6, 6.07) is 5.83. The summed E-state index contributed by atoms with van der Waals surface area (Å²) in [5, 5.41) is 3.00. The van der Waals surface area contributed by atoms with Gasteiger partial charge in [0.2, 0.25) is 0 Å². The maximum absolute atomic E-state index is 12.3. The van der Waals surface area contributed by atoms with E-state index in [1.165, 1.54) is 29.5 Å². The first kappa shape index (κ1) is 14.4. The highest BCUT2D eigenvalue weighted by atomic mass is 32.1. The maximum Gasteiger partial charge on any atom is 0.387 e. The van der Waals surface area contributed by atoms with E-state index in [1.54, 1.807) is 6.07 Å². The number of carbonyl (C=O) groups is 1. The zero-order chi connectivity index (χ0) is 14.7. The van der Waals surface area contributed by atoms with Crippen molar-refractivity contribution >= 4 is 22.4 Å². The van der Waals surface area contributed by atoms with E-state index in [0.29, 0.717) is 5.13 Å². The molecule has 4 nitrogen and oxygen atoms in total. The van der Waals surface area contributed by atoms with Gasteiger partial charge in [0, 0.05) is 4.88 Å². The monoisotopic (exact) mass is 298 g/mol. The molecule has 1 amide bonds. The number of ether oxygens (including phenoxy) is 1. The molecule has 0 fully saturated rings. The van der Waals surface area contributed by atoms with Gasteiger partial charge in [-0.3, -0.25) is 10.1 Å². The number of para-hydroxylation sites is 1. The molecule has 0 atom stereocenters. The van der Waals surface area contributed by atoms with Crippen LogP contribution >= 0.6 is 11.3 Å². The van der Waals surface area contributed by atoms with Crippen LogP contribution in [-0.2, 0) is 0 Å². The number of hydrogen-bond donors (Lipinski definition) is 1. The Morgan fingerprint density at radius 1 is 1.35 bits per heavy atom. The van der Waals surface area contributed by atoms with Crippen molar-refractivity contribution in [3.8, 4) is 5.75 Å². The molecule has 2 rings (SSSR count). The Hall–Kier alpha value is -2.02. The third-order valence-electron chi connectivity index (χ3n) is 2.60. The van der Waals surface area contributed by atoms with Gasteiger partial charge in [-0.25, -0.2) is 4.98 Å². The van der Waals surface area contributed by atoms with E-state index in [4.69, 9.17) is 0 Å². The second kappa shape index (κ2) is 5.96. The van der Waals surface area contributed by atoms with Crippen LogP contribution in [0.3, 0.4) is 0 Å². The highest BCUT2D eigenvalue weighted by Gasteiger charge is 2.16. The Balaban J connectivity index is 2.20. The molecule has 1 N–H and O–H groups in total. The molecular weight excluding hydrogens is 286 g/mol. The lowest BCUT2D eigenvalue weighted by molar-refractivity contribution is -0.0501. The summed E-state index contributed by atoms with van der Waals surface area (Å²) < 4.78 is 28.9. The smallest absolute Gasteiger partial charge is 0.387 e. The van der Waals surface area contributed by atoms with Crippen LogP contribution in [0.1, 0.15) is 20.9 Å². The average Bonchev–Trinajstić information content (AvgIpc) is 2.68. The lowest BCUT2D eigenvalue weighted by Gasteiger charge is -2.09. The van der Waals surface area contributed by atoms with Gasteiger partial charge in [0.05, 0.1) is 11.3 Å². The number of anilines is 1. The first-order valence-electron chi connectivity index (χ1n) is 5.76. The van der Waals surface area contributed by atoms with Crippen molar-refractivity contribution in [3.05, 3.63) is 40.4 Å². The van der Waals surface area contributed by atoms with Gasteiger partial charge in [-0.1, -0.05) is 12.1 Å². The fraction of sp³-hybridized carbons (Fsp3) is 0.231. The Kier molecular flexibility index (Phi) is 4.29. The molecule has 1 aromatic carbocycles. The molecular formula is C13H12F2N2O2S. The van der Waals surface area contributed by atoms with Gasteiger partial charge in [0.15, 0.2) is 5.13 Å². The van der Waals surface area contributed by atoms with Crippen molar-refractivity contribution in [1.29, 1.82) is 0 Å². The van der Waals surface area contributed by atoms with Crippen LogP contribution in [0.5, 0.6) is 5.75 Å². The zero-order valence-electron chi connectivity index (χ0n) is 10.8. The Morgan fingerprint density at radius 3 is 2.65 bits per heavy atom. The number of thiazole rings is 1. The largest absolute Gasteiger partial charge is 0.434 e. The van der Waals surface area contributed by atoms with Crippen molar-refractivity contribution < 1.29 is 18.3 Å². The summed E-state index contributed by atoms with van der Waals surface area (Å²) in [4.78, 5) is 17.2. The molecule has 2 aromatic rings. The van der Waals surface area contributed by atoms with E-state index >= 15 is 0 Å². The Bertz CT molecular complexity index is 609. The summed E-state index contributed by atoms with van der Waals surface area (Å²) in [7, 11) is 0. The van der Waals surface area contributed by atoms with Gasteiger partial charge < -0.3 is 4.74 Å². The Labute approximate surface area is 118 Å². The minimum atomic E-state index is -2.98. The number of nitrogens with zero attached hydrogens (tertiary/aromatic N) is 1. The third kappa shape index (κ3) is 3.30. The molecule has 1 aromatic heterocycles. The summed E-state index contributed by atoms with van der Waals surface area (Å²) >= 11 is 1.33. The van der Waals surface area contributed by atoms with Gasteiger partial charge in [0.25, 0.3) is 5.91 Å². The molecule has 0 spiro atoms. The maximum atomic E-state index is 12.3. The van der Waals surface area contributed by atoms with Crippen LogP contribution in [0.15, 0.2) is 24.3 Å². The number of nitrogens with one attached hydrogen (secondary N) is 1. The number of benzene rings is 1. The van der Waals surface area contributed by atoms with Crippen molar-refractivity contribution in [3.63, 3.8) is 0 Å². The van der Waals surface area contributed by atoms with E-state index in [2.05, 4.69) is 15.0 Å².